The van der Waals surface area contributed by atoms with Gasteiger partial charge < -0.3 is 19.9 Å². The highest BCUT2D eigenvalue weighted by atomic mass is 16.5. The van der Waals surface area contributed by atoms with Crippen LogP contribution < -0.4 is 14.8 Å². The third-order valence-corrected chi connectivity index (χ3v) is 4.74. The molecule has 128 valence electrons. The fourth-order valence-corrected chi connectivity index (χ4v) is 3.21. The van der Waals surface area contributed by atoms with Crippen molar-refractivity contribution in [1.82, 2.24) is 5.32 Å². The van der Waals surface area contributed by atoms with Crippen molar-refractivity contribution in [2.75, 3.05) is 20.8 Å². The summed E-state index contributed by atoms with van der Waals surface area (Å²) in [6.07, 6.45) is 5.58. The minimum Gasteiger partial charge on any atom is -0.497 e. The van der Waals surface area contributed by atoms with E-state index in [0.29, 0.717) is 17.1 Å². The Morgan fingerprint density at radius 2 is 1.96 bits per heavy atom. The number of rotatable bonds is 6. The Bertz CT molecular complexity index is 536. The van der Waals surface area contributed by atoms with Crippen LogP contribution in [0.1, 0.15) is 49.4 Å². The molecule has 1 unspecified atom stereocenters. The predicted octanol–water partition coefficient (Wildman–Crippen LogP) is 2.76. The maximum absolute atomic E-state index is 12.5. The molecule has 5 nitrogen and oxygen atoms in total. The quantitative estimate of drug-likeness (QED) is 0.845. The zero-order valence-corrected chi connectivity index (χ0v) is 14.2. The fraction of sp³-hybridized carbons (Fsp3) is 0.611. The van der Waals surface area contributed by atoms with Gasteiger partial charge in [0.25, 0.3) is 5.91 Å². The lowest BCUT2D eigenvalue weighted by molar-refractivity contribution is -0.0143. The first-order chi connectivity index (χ1) is 11.0. The smallest absolute Gasteiger partial charge is 0.255 e. The second-order valence-corrected chi connectivity index (χ2v) is 6.44. The maximum atomic E-state index is 12.5. The Morgan fingerprint density at radius 1 is 1.26 bits per heavy atom. The largest absolute Gasteiger partial charge is 0.497 e. The number of nitrogens with one attached hydrogen (secondary N) is 1. The van der Waals surface area contributed by atoms with Crippen LogP contribution >= 0.6 is 0 Å². The van der Waals surface area contributed by atoms with Gasteiger partial charge in [-0.2, -0.15) is 0 Å². The first-order valence-electron chi connectivity index (χ1n) is 8.20. The van der Waals surface area contributed by atoms with Crippen LogP contribution in [0.4, 0.5) is 0 Å². The molecule has 2 N–H and O–H groups in total. The molecule has 1 aromatic carbocycles. The Balaban J connectivity index is 2.03. The lowest BCUT2D eigenvalue weighted by atomic mass is 9.78. The van der Waals surface area contributed by atoms with Gasteiger partial charge in [-0.05, 0) is 43.9 Å². The minimum atomic E-state index is -0.887. The summed E-state index contributed by atoms with van der Waals surface area (Å²) in [5.74, 6) is 1.05. The van der Waals surface area contributed by atoms with E-state index in [1.807, 2.05) is 6.92 Å². The van der Waals surface area contributed by atoms with Crippen LogP contribution in [0.2, 0.25) is 0 Å². The van der Waals surface area contributed by atoms with E-state index in [4.69, 9.17) is 9.47 Å². The second kappa shape index (κ2) is 7.68. The van der Waals surface area contributed by atoms with Crippen LogP contribution in [0.3, 0.4) is 0 Å². The average Bonchev–Trinajstić information content (AvgIpc) is 2.59. The number of benzene rings is 1. The zero-order valence-electron chi connectivity index (χ0n) is 14.2. The SMILES string of the molecule is COc1ccc(OC)c(C(=O)NCC(C)(O)C2CCCCC2)c1. The van der Waals surface area contributed by atoms with E-state index in [1.165, 1.54) is 13.5 Å². The van der Waals surface area contributed by atoms with Gasteiger partial charge in [-0.1, -0.05) is 19.3 Å². The summed E-state index contributed by atoms with van der Waals surface area (Å²) >= 11 is 0. The monoisotopic (exact) mass is 321 g/mol. The topological polar surface area (TPSA) is 67.8 Å². The molecule has 2 rings (SSSR count). The molecule has 23 heavy (non-hydrogen) atoms. The highest BCUT2D eigenvalue weighted by Crippen LogP contribution is 2.32. The molecule has 0 aliphatic heterocycles. The van der Waals surface area contributed by atoms with Gasteiger partial charge in [-0.3, -0.25) is 4.79 Å². The molecule has 1 amide bonds. The van der Waals surface area contributed by atoms with Gasteiger partial charge in [0.2, 0.25) is 0 Å². The van der Waals surface area contributed by atoms with Crippen molar-refractivity contribution in [2.45, 2.75) is 44.6 Å². The Labute approximate surface area is 138 Å². The van der Waals surface area contributed by atoms with E-state index in [-0.39, 0.29) is 18.4 Å². The molecule has 1 fully saturated rings. The van der Waals surface area contributed by atoms with Crippen LogP contribution in [-0.2, 0) is 0 Å². The lowest BCUT2D eigenvalue weighted by Crippen LogP contribution is -2.46. The van der Waals surface area contributed by atoms with Gasteiger partial charge >= 0.3 is 0 Å². The number of hydrogen-bond acceptors (Lipinski definition) is 4. The highest BCUT2D eigenvalue weighted by Gasteiger charge is 2.33. The molecule has 0 aromatic heterocycles. The number of carbonyl (C=O) groups excluding carboxylic acids is 1. The second-order valence-electron chi connectivity index (χ2n) is 6.44. The van der Waals surface area contributed by atoms with Crippen molar-refractivity contribution >= 4 is 5.91 Å². The normalized spacial score (nSPS) is 18.1. The predicted molar refractivity (Wildman–Crippen MR) is 89.1 cm³/mol. The number of aliphatic hydroxyl groups is 1. The molecule has 0 spiro atoms. The van der Waals surface area contributed by atoms with Crippen LogP contribution in [0, 0.1) is 5.92 Å². The van der Waals surface area contributed by atoms with Gasteiger partial charge in [-0.25, -0.2) is 0 Å². The molecule has 1 aliphatic rings. The molecule has 1 saturated carbocycles. The Morgan fingerprint density at radius 3 is 2.57 bits per heavy atom. The van der Waals surface area contributed by atoms with Gasteiger partial charge in [0.1, 0.15) is 11.5 Å². The third kappa shape index (κ3) is 4.38. The van der Waals surface area contributed by atoms with Crippen molar-refractivity contribution in [2.24, 2.45) is 5.92 Å². The van der Waals surface area contributed by atoms with Crippen molar-refractivity contribution in [3.05, 3.63) is 23.8 Å². The summed E-state index contributed by atoms with van der Waals surface area (Å²) in [6.45, 7) is 2.04. The molecule has 0 heterocycles. The molecule has 5 heteroatoms. The van der Waals surface area contributed by atoms with E-state index >= 15 is 0 Å². The summed E-state index contributed by atoms with van der Waals surface area (Å²) in [7, 11) is 3.08. The first kappa shape index (κ1) is 17.6. The van der Waals surface area contributed by atoms with Crippen LogP contribution in [-0.4, -0.2) is 37.4 Å². The average molecular weight is 321 g/mol. The third-order valence-electron chi connectivity index (χ3n) is 4.74. The maximum Gasteiger partial charge on any atom is 0.255 e. The molecule has 1 aromatic rings. The fourth-order valence-electron chi connectivity index (χ4n) is 3.21. The lowest BCUT2D eigenvalue weighted by Gasteiger charge is -2.35. The number of methoxy groups -OCH3 is 2. The first-order valence-corrected chi connectivity index (χ1v) is 8.20. The van der Waals surface area contributed by atoms with Crippen molar-refractivity contribution in [3.63, 3.8) is 0 Å². The van der Waals surface area contributed by atoms with Crippen molar-refractivity contribution < 1.29 is 19.4 Å². The van der Waals surface area contributed by atoms with E-state index in [2.05, 4.69) is 5.32 Å². The Kier molecular flexibility index (Phi) is 5.88. The summed E-state index contributed by atoms with van der Waals surface area (Å²) in [5.41, 5.74) is -0.478. The minimum absolute atomic E-state index is 0.233. The van der Waals surface area contributed by atoms with Crippen molar-refractivity contribution in [3.8, 4) is 11.5 Å². The van der Waals surface area contributed by atoms with Crippen molar-refractivity contribution in [1.29, 1.82) is 0 Å². The van der Waals surface area contributed by atoms with Gasteiger partial charge in [0.05, 0.1) is 25.4 Å². The van der Waals surface area contributed by atoms with E-state index < -0.39 is 5.60 Å². The van der Waals surface area contributed by atoms with Gasteiger partial charge in [-0.15, -0.1) is 0 Å². The molecule has 0 radical (unpaired) electrons. The van der Waals surface area contributed by atoms with E-state index in [9.17, 15) is 9.90 Å². The standard InChI is InChI=1S/C18H27NO4/c1-18(21,13-7-5-4-6-8-13)12-19-17(20)15-11-14(22-2)9-10-16(15)23-3/h9-11,13,21H,4-8,12H2,1-3H3,(H,19,20). The zero-order chi connectivity index (χ0) is 16.9. The van der Waals surface area contributed by atoms with E-state index in [0.717, 1.165) is 25.7 Å². The molecular formula is C18H27NO4. The Hall–Kier alpha value is -1.75. The summed E-state index contributed by atoms with van der Waals surface area (Å²) in [6, 6.07) is 5.09. The number of carbonyl (C=O) groups is 1. The molecule has 0 bridgehead atoms. The molecule has 0 saturated heterocycles. The number of ether oxygens (including phenoxy) is 2. The van der Waals surface area contributed by atoms with Crippen LogP contribution in [0.5, 0.6) is 11.5 Å². The number of hydrogen-bond donors (Lipinski definition) is 2. The molecule has 1 aliphatic carbocycles. The molecule has 1 atom stereocenters. The van der Waals surface area contributed by atoms with Crippen LogP contribution in [0.15, 0.2) is 18.2 Å². The summed E-state index contributed by atoms with van der Waals surface area (Å²) in [4.78, 5) is 12.5. The van der Waals surface area contributed by atoms with Gasteiger partial charge in [0.15, 0.2) is 0 Å². The van der Waals surface area contributed by atoms with E-state index in [1.54, 1.807) is 25.3 Å². The van der Waals surface area contributed by atoms with Gasteiger partial charge in [0, 0.05) is 6.54 Å². The molecular weight excluding hydrogens is 294 g/mol. The summed E-state index contributed by atoms with van der Waals surface area (Å²) in [5, 5.41) is 13.5. The number of amides is 1. The summed E-state index contributed by atoms with van der Waals surface area (Å²) < 4.78 is 10.4. The van der Waals surface area contributed by atoms with Crippen LogP contribution in [0.25, 0.3) is 0 Å². The highest BCUT2D eigenvalue weighted by molar-refractivity contribution is 5.97.